The van der Waals surface area contributed by atoms with Crippen LogP contribution in [0.1, 0.15) is 12.8 Å². The van der Waals surface area contributed by atoms with Crippen LogP contribution in [-0.2, 0) is 0 Å². The molecule has 0 radical (unpaired) electrons. The average molecular weight is 284 g/mol. The quantitative estimate of drug-likeness (QED) is 0.880. The van der Waals surface area contributed by atoms with Gasteiger partial charge in [-0.1, -0.05) is 6.07 Å². The molecular weight excluding hydrogens is 260 g/mol. The lowest BCUT2D eigenvalue weighted by Gasteiger charge is -2.33. The monoisotopic (exact) mass is 284 g/mol. The number of pyridine rings is 1. The van der Waals surface area contributed by atoms with Gasteiger partial charge in [0.2, 0.25) is 0 Å². The lowest BCUT2D eigenvalue weighted by molar-refractivity contribution is 0.222. The van der Waals surface area contributed by atoms with Gasteiger partial charge in [0.25, 0.3) is 0 Å². The van der Waals surface area contributed by atoms with Crippen LogP contribution in [0.3, 0.4) is 0 Å². The summed E-state index contributed by atoms with van der Waals surface area (Å²) in [6.07, 6.45) is 6.22. The molecule has 112 valence electrons. The Balaban J connectivity index is 1.78. The molecule has 1 aliphatic heterocycles. The highest BCUT2D eigenvalue weighted by Gasteiger charge is 2.19. The Kier molecular flexibility index (Phi) is 3.97. The molecule has 2 heterocycles. The molecule has 0 atom stereocenters. The number of anilines is 2. The molecule has 0 saturated carbocycles. The summed E-state index contributed by atoms with van der Waals surface area (Å²) in [6, 6.07) is 6.23. The Morgan fingerprint density at radius 2 is 2.05 bits per heavy atom. The Bertz CT molecular complexity index is 617. The number of piperidine rings is 1. The predicted octanol–water partition coefficient (Wildman–Crippen LogP) is 2.60. The van der Waals surface area contributed by atoms with Crippen LogP contribution in [0.25, 0.3) is 10.8 Å². The zero-order chi connectivity index (χ0) is 14.8. The van der Waals surface area contributed by atoms with Crippen LogP contribution in [0, 0.1) is 5.92 Å². The molecular formula is C17H24N4. The lowest BCUT2D eigenvalue weighted by Crippen LogP contribution is -2.35. The standard InChI is InChI=1S/C17H24N4/c1-20-9-6-13(7-10-20)12-21(2)16-4-3-14-11-19-8-5-15(14)17(16)18/h3-5,8,11,13H,6-7,9-10,12,18H2,1-2H3. The fraction of sp³-hybridized carbons (Fsp3) is 0.471. The lowest BCUT2D eigenvalue weighted by atomic mass is 9.96. The van der Waals surface area contributed by atoms with Crippen molar-refractivity contribution in [2.75, 3.05) is 44.4 Å². The van der Waals surface area contributed by atoms with Crippen molar-refractivity contribution in [3.63, 3.8) is 0 Å². The number of hydrogen-bond donors (Lipinski definition) is 1. The molecule has 1 aromatic heterocycles. The van der Waals surface area contributed by atoms with Gasteiger partial charge in [0, 0.05) is 36.8 Å². The van der Waals surface area contributed by atoms with Crippen LogP contribution in [-0.4, -0.2) is 43.6 Å². The first-order valence-electron chi connectivity index (χ1n) is 7.67. The number of likely N-dealkylation sites (tertiary alicyclic amines) is 1. The topological polar surface area (TPSA) is 45.4 Å². The van der Waals surface area contributed by atoms with E-state index in [1.807, 2.05) is 12.3 Å². The number of aromatic nitrogens is 1. The van der Waals surface area contributed by atoms with Crippen LogP contribution >= 0.6 is 0 Å². The second-order valence-corrected chi connectivity index (χ2v) is 6.22. The molecule has 0 unspecified atom stereocenters. The van der Waals surface area contributed by atoms with Gasteiger partial charge in [-0.2, -0.15) is 0 Å². The summed E-state index contributed by atoms with van der Waals surface area (Å²) >= 11 is 0. The third-order valence-electron chi connectivity index (χ3n) is 4.62. The Hall–Kier alpha value is -1.81. The molecule has 0 spiro atoms. The first-order chi connectivity index (χ1) is 10.1. The summed E-state index contributed by atoms with van der Waals surface area (Å²) < 4.78 is 0. The van der Waals surface area contributed by atoms with E-state index in [2.05, 4.69) is 41.0 Å². The van der Waals surface area contributed by atoms with E-state index >= 15 is 0 Å². The minimum atomic E-state index is 0.763. The molecule has 4 nitrogen and oxygen atoms in total. The van der Waals surface area contributed by atoms with E-state index in [9.17, 15) is 0 Å². The van der Waals surface area contributed by atoms with Crippen molar-refractivity contribution in [1.29, 1.82) is 0 Å². The van der Waals surface area contributed by atoms with Gasteiger partial charge in [-0.3, -0.25) is 4.98 Å². The highest BCUT2D eigenvalue weighted by Crippen LogP contribution is 2.31. The second-order valence-electron chi connectivity index (χ2n) is 6.22. The number of rotatable bonds is 3. The maximum atomic E-state index is 6.37. The van der Waals surface area contributed by atoms with E-state index in [1.165, 1.54) is 25.9 Å². The summed E-state index contributed by atoms with van der Waals surface area (Å²) in [5.74, 6) is 0.763. The van der Waals surface area contributed by atoms with E-state index in [-0.39, 0.29) is 0 Å². The van der Waals surface area contributed by atoms with Gasteiger partial charge in [0.1, 0.15) is 0 Å². The first kappa shape index (κ1) is 14.1. The smallest absolute Gasteiger partial charge is 0.0632 e. The molecule has 21 heavy (non-hydrogen) atoms. The fourth-order valence-electron chi connectivity index (χ4n) is 3.24. The van der Waals surface area contributed by atoms with Gasteiger partial charge in [-0.05, 0) is 51.0 Å². The molecule has 1 fully saturated rings. The second kappa shape index (κ2) is 5.90. The Morgan fingerprint density at radius 3 is 2.81 bits per heavy atom. The summed E-state index contributed by atoms with van der Waals surface area (Å²) in [6.45, 7) is 3.49. The predicted molar refractivity (Wildman–Crippen MR) is 89.6 cm³/mol. The molecule has 4 heteroatoms. The molecule has 0 amide bonds. The molecule has 0 bridgehead atoms. The Labute approximate surface area is 126 Å². The molecule has 3 rings (SSSR count). The average Bonchev–Trinajstić information content (AvgIpc) is 2.50. The molecule has 1 saturated heterocycles. The number of nitrogens with zero attached hydrogens (tertiary/aromatic N) is 3. The van der Waals surface area contributed by atoms with Crippen molar-refractivity contribution in [1.82, 2.24) is 9.88 Å². The number of hydrogen-bond acceptors (Lipinski definition) is 4. The van der Waals surface area contributed by atoms with Gasteiger partial charge in [0.05, 0.1) is 11.4 Å². The number of nitrogen functional groups attached to an aromatic ring is 1. The van der Waals surface area contributed by atoms with Crippen LogP contribution in [0.2, 0.25) is 0 Å². The molecule has 1 aliphatic rings. The summed E-state index contributed by atoms with van der Waals surface area (Å²) in [4.78, 5) is 8.88. The maximum Gasteiger partial charge on any atom is 0.0632 e. The fourth-order valence-corrected chi connectivity index (χ4v) is 3.24. The number of fused-ring (bicyclic) bond motifs is 1. The van der Waals surface area contributed by atoms with Crippen molar-refractivity contribution in [2.24, 2.45) is 5.92 Å². The number of nitrogens with two attached hydrogens (primary N) is 1. The first-order valence-corrected chi connectivity index (χ1v) is 7.67. The summed E-state index contributed by atoms with van der Waals surface area (Å²) in [7, 11) is 4.35. The van der Waals surface area contributed by atoms with Crippen molar-refractivity contribution in [3.05, 3.63) is 30.6 Å². The molecule has 2 aromatic rings. The third kappa shape index (κ3) is 2.95. The van der Waals surface area contributed by atoms with Gasteiger partial charge in [0.15, 0.2) is 0 Å². The van der Waals surface area contributed by atoms with Gasteiger partial charge >= 0.3 is 0 Å². The summed E-state index contributed by atoms with van der Waals surface area (Å²) in [5, 5.41) is 2.20. The van der Waals surface area contributed by atoms with Crippen LogP contribution in [0.15, 0.2) is 30.6 Å². The minimum Gasteiger partial charge on any atom is -0.397 e. The molecule has 0 aliphatic carbocycles. The van der Waals surface area contributed by atoms with Crippen LogP contribution in [0.4, 0.5) is 11.4 Å². The van der Waals surface area contributed by atoms with E-state index in [1.54, 1.807) is 6.20 Å². The van der Waals surface area contributed by atoms with Gasteiger partial charge in [-0.15, -0.1) is 0 Å². The summed E-state index contributed by atoms with van der Waals surface area (Å²) in [5.41, 5.74) is 8.37. The zero-order valence-electron chi connectivity index (χ0n) is 12.9. The van der Waals surface area contributed by atoms with E-state index in [0.29, 0.717) is 0 Å². The largest absolute Gasteiger partial charge is 0.397 e. The van der Waals surface area contributed by atoms with E-state index < -0.39 is 0 Å². The molecule has 1 aromatic carbocycles. The highest BCUT2D eigenvalue weighted by molar-refractivity contribution is 5.98. The number of benzene rings is 1. The van der Waals surface area contributed by atoms with Gasteiger partial charge in [-0.25, -0.2) is 0 Å². The zero-order valence-corrected chi connectivity index (χ0v) is 12.9. The van der Waals surface area contributed by atoms with Crippen LogP contribution in [0.5, 0.6) is 0 Å². The maximum absolute atomic E-state index is 6.37. The minimum absolute atomic E-state index is 0.763. The van der Waals surface area contributed by atoms with Crippen molar-refractivity contribution in [3.8, 4) is 0 Å². The highest BCUT2D eigenvalue weighted by atomic mass is 15.1. The normalized spacial score (nSPS) is 17.2. The third-order valence-corrected chi connectivity index (χ3v) is 4.62. The van der Waals surface area contributed by atoms with E-state index in [4.69, 9.17) is 5.73 Å². The van der Waals surface area contributed by atoms with Crippen molar-refractivity contribution >= 4 is 22.1 Å². The van der Waals surface area contributed by atoms with E-state index in [0.717, 1.165) is 34.6 Å². The Morgan fingerprint density at radius 1 is 1.29 bits per heavy atom. The van der Waals surface area contributed by atoms with Crippen molar-refractivity contribution in [2.45, 2.75) is 12.8 Å². The van der Waals surface area contributed by atoms with Crippen molar-refractivity contribution < 1.29 is 0 Å². The molecule has 2 N–H and O–H groups in total. The van der Waals surface area contributed by atoms with Gasteiger partial charge < -0.3 is 15.5 Å². The SMILES string of the molecule is CN1CCC(CN(C)c2ccc3cnccc3c2N)CC1. The van der Waals surface area contributed by atoms with Crippen LogP contribution < -0.4 is 10.6 Å².